The van der Waals surface area contributed by atoms with Crippen LogP contribution in [0.5, 0.6) is 0 Å². The number of carbonyl (C=O) groups is 4. The van der Waals surface area contributed by atoms with Crippen LogP contribution in [0.25, 0.3) is 0 Å². The van der Waals surface area contributed by atoms with E-state index in [1.54, 1.807) is 0 Å². The van der Waals surface area contributed by atoms with E-state index in [0.717, 1.165) is 12.2 Å². The molecule has 0 spiro atoms. The molecule has 8 heteroatoms. The number of carbonyl (C=O) groups excluding carboxylic acids is 4. The molecule has 0 N–H and O–H groups in total. The zero-order valence-corrected chi connectivity index (χ0v) is 11.8. The highest BCUT2D eigenvalue weighted by atomic mass is 16.5. The summed E-state index contributed by atoms with van der Waals surface area (Å²) in [7, 11) is 5.01. The van der Waals surface area contributed by atoms with Crippen molar-refractivity contribution in [3.8, 4) is 0 Å². The second kappa shape index (κ2) is 13.1. The first kappa shape index (κ1) is 19.9. The van der Waals surface area contributed by atoms with Gasteiger partial charge < -0.3 is 18.9 Å². The summed E-state index contributed by atoms with van der Waals surface area (Å²) >= 11 is 0. The first-order chi connectivity index (χ1) is 9.40. The molecule has 8 nitrogen and oxygen atoms in total. The first-order valence-corrected chi connectivity index (χ1v) is 5.38. The Morgan fingerprint density at radius 2 is 0.950 bits per heavy atom. The van der Waals surface area contributed by atoms with Crippen molar-refractivity contribution in [1.29, 1.82) is 0 Å². The molecule has 0 heterocycles. The Morgan fingerprint density at radius 1 is 0.650 bits per heavy atom. The molecule has 0 amide bonds. The molecular weight excluding hydrogens is 272 g/mol. The molecule has 114 valence electrons. The van der Waals surface area contributed by atoms with E-state index in [0.29, 0.717) is 0 Å². The van der Waals surface area contributed by atoms with Gasteiger partial charge >= 0.3 is 23.9 Å². The van der Waals surface area contributed by atoms with Crippen molar-refractivity contribution in [3.63, 3.8) is 0 Å². The van der Waals surface area contributed by atoms with E-state index in [-0.39, 0.29) is 12.8 Å². The minimum atomic E-state index is -0.578. The number of ether oxygens (including phenoxy) is 4. The van der Waals surface area contributed by atoms with E-state index in [4.69, 9.17) is 0 Å². The molecule has 0 rings (SSSR count). The van der Waals surface area contributed by atoms with Gasteiger partial charge in [-0.25, -0.2) is 9.59 Å². The number of methoxy groups -OCH3 is 4. The standard InChI is InChI=1S/C6H10O4.C6H8O4/c2*1-9-5(7)3-4-6(8)10-2/h3-4H2,1-2H3;3-4H,1-2H3. The molecule has 0 aromatic carbocycles. The van der Waals surface area contributed by atoms with Gasteiger partial charge in [-0.05, 0) is 0 Å². The van der Waals surface area contributed by atoms with Crippen LogP contribution in [0.15, 0.2) is 12.2 Å². The summed E-state index contributed by atoms with van der Waals surface area (Å²) in [5, 5.41) is 0. The van der Waals surface area contributed by atoms with Crippen LogP contribution in [-0.2, 0) is 38.1 Å². The van der Waals surface area contributed by atoms with E-state index < -0.39 is 23.9 Å². The largest absolute Gasteiger partial charge is 0.469 e. The predicted octanol–water partition coefficient (Wildman–Crippen LogP) is 0.00120. The lowest BCUT2D eigenvalue weighted by atomic mass is 10.3. The molecule has 0 atom stereocenters. The van der Waals surface area contributed by atoms with Crippen molar-refractivity contribution in [2.24, 2.45) is 0 Å². The molecule has 0 unspecified atom stereocenters. The van der Waals surface area contributed by atoms with Crippen LogP contribution in [0.3, 0.4) is 0 Å². The number of hydrogen-bond acceptors (Lipinski definition) is 8. The smallest absolute Gasteiger partial charge is 0.330 e. The van der Waals surface area contributed by atoms with Crippen molar-refractivity contribution >= 4 is 23.9 Å². The first-order valence-electron chi connectivity index (χ1n) is 5.38. The zero-order chi connectivity index (χ0) is 16.0. The van der Waals surface area contributed by atoms with E-state index in [1.807, 2.05) is 0 Å². The highest BCUT2D eigenvalue weighted by Gasteiger charge is 2.05. The number of hydrogen-bond donors (Lipinski definition) is 0. The number of esters is 4. The maximum absolute atomic E-state index is 10.4. The Bertz CT molecular complexity index is 324. The van der Waals surface area contributed by atoms with Gasteiger partial charge in [0.15, 0.2) is 0 Å². The molecule has 0 radical (unpaired) electrons. The van der Waals surface area contributed by atoms with Gasteiger partial charge in [-0.15, -0.1) is 0 Å². The molecule has 0 fully saturated rings. The van der Waals surface area contributed by atoms with Gasteiger partial charge in [0, 0.05) is 12.2 Å². The lowest BCUT2D eigenvalue weighted by Gasteiger charge is -1.96. The van der Waals surface area contributed by atoms with Crippen molar-refractivity contribution in [1.82, 2.24) is 0 Å². The zero-order valence-electron chi connectivity index (χ0n) is 11.8. The van der Waals surface area contributed by atoms with Crippen molar-refractivity contribution in [3.05, 3.63) is 12.2 Å². The fourth-order valence-electron chi connectivity index (χ4n) is 0.680. The Labute approximate surface area is 116 Å². The van der Waals surface area contributed by atoms with E-state index in [9.17, 15) is 19.2 Å². The van der Waals surface area contributed by atoms with Crippen molar-refractivity contribution in [2.45, 2.75) is 12.8 Å². The molecule has 0 aliphatic rings. The third-order valence-corrected chi connectivity index (χ3v) is 1.75. The summed E-state index contributed by atoms with van der Waals surface area (Å²) in [5.41, 5.74) is 0. The van der Waals surface area contributed by atoms with Gasteiger partial charge in [0.05, 0.1) is 41.3 Å². The van der Waals surface area contributed by atoms with Gasteiger partial charge in [0.25, 0.3) is 0 Å². The lowest BCUT2D eigenvalue weighted by molar-refractivity contribution is -0.147. The third-order valence-electron chi connectivity index (χ3n) is 1.75. The molecule has 0 bridgehead atoms. The van der Waals surface area contributed by atoms with Gasteiger partial charge in [0.1, 0.15) is 0 Å². The molecule has 0 saturated heterocycles. The maximum Gasteiger partial charge on any atom is 0.330 e. The van der Waals surface area contributed by atoms with Gasteiger partial charge in [-0.3, -0.25) is 9.59 Å². The highest BCUT2D eigenvalue weighted by Crippen LogP contribution is 1.92. The summed E-state index contributed by atoms with van der Waals surface area (Å²) < 4.78 is 17.0. The monoisotopic (exact) mass is 290 g/mol. The predicted molar refractivity (Wildman–Crippen MR) is 66.4 cm³/mol. The average Bonchev–Trinajstić information content (AvgIpc) is 2.49. The van der Waals surface area contributed by atoms with Crippen LogP contribution in [0.2, 0.25) is 0 Å². The summed E-state index contributed by atoms with van der Waals surface area (Å²) in [5.74, 6) is -1.95. The second-order valence-electron chi connectivity index (χ2n) is 3.03. The Morgan fingerprint density at radius 3 is 1.15 bits per heavy atom. The average molecular weight is 290 g/mol. The summed E-state index contributed by atoms with van der Waals surface area (Å²) in [6.07, 6.45) is 2.16. The quantitative estimate of drug-likeness (QED) is 0.396. The summed E-state index contributed by atoms with van der Waals surface area (Å²) in [4.78, 5) is 41.4. The maximum atomic E-state index is 10.4. The highest BCUT2D eigenvalue weighted by molar-refractivity contribution is 5.91. The SMILES string of the molecule is COC(=O)C=CC(=O)OC.COC(=O)CCC(=O)OC. The summed E-state index contributed by atoms with van der Waals surface area (Å²) in [6.45, 7) is 0. The van der Waals surface area contributed by atoms with Crippen molar-refractivity contribution < 1.29 is 38.1 Å². The summed E-state index contributed by atoms with van der Waals surface area (Å²) in [6, 6.07) is 0. The van der Waals surface area contributed by atoms with E-state index in [2.05, 4.69) is 18.9 Å². The Kier molecular flexibility index (Phi) is 13.0. The molecule has 0 aromatic heterocycles. The molecule has 0 aromatic rings. The normalized spacial score (nSPS) is 9.00. The minimum absolute atomic E-state index is 0.0865. The van der Waals surface area contributed by atoms with Gasteiger partial charge in [0.2, 0.25) is 0 Å². The van der Waals surface area contributed by atoms with Crippen LogP contribution in [-0.4, -0.2) is 52.3 Å². The molecule has 0 aliphatic heterocycles. The fraction of sp³-hybridized carbons (Fsp3) is 0.500. The second-order valence-corrected chi connectivity index (χ2v) is 3.03. The van der Waals surface area contributed by atoms with Gasteiger partial charge in [-0.2, -0.15) is 0 Å². The van der Waals surface area contributed by atoms with Crippen LogP contribution in [0.1, 0.15) is 12.8 Å². The minimum Gasteiger partial charge on any atom is -0.469 e. The molecule has 0 saturated carbocycles. The lowest BCUT2D eigenvalue weighted by Crippen LogP contribution is -2.06. The molecular formula is C12H18O8. The third kappa shape index (κ3) is 13.7. The Balaban J connectivity index is 0. The molecule has 0 aliphatic carbocycles. The van der Waals surface area contributed by atoms with E-state index >= 15 is 0 Å². The van der Waals surface area contributed by atoms with Crippen LogP contribution < -0.4 is 0 Å². The fourth-order valence-corrected chi connectivity index (χ4v) is 0.680. The topological polar surface area (TPSA) is 105 Å². The van der Waals surface area contributed by atoms with Crippen molar-refractivity contribution in [2.75, 3.05) is 28.4 Å². The number of rotatable bonds is 5. The van der Waals surface area contributed by atoms with Gasteiger partial charge in [-0.1, -0.05) is 0 Å². The van der Waals surface area contributed by atoms with Crippen LogP contribution in [0.4, 0.5) is 0 Å². The van der Waals surface area contributed by atoms with E-state index in [1.165, 1.54) is 28.4 Å². The molecule has 20 heavy (non-hydrogen) atoms. The Hall–Kier alpha value is -2.38. The van der Waals surface area contributed by atoms with Crippen LogP contribution >= 0.6 is 0 Å². The van der Waals surface area contributed by atoms with Crippen LogP contribution in [0, 0.1) is 0 Å².